The van der Waals surface area contributed by atoms with Crippen molar-refractivity contribution in [2.45, 2.75) is 30.8 Å². The topological polar surface area (TPSA) is 93.8 Å². The van der Waals surface area contributed by atoms with Crippen LogP contribution in [0.25, 0.3) is 11.0 Å². The van der Waals surface area contributed by atoms with E-state index in [0.717, 1.165) is 11.3 Å². The molecule has 0 aliphatic carbocycles. The molecule has 1 aromatic carbocycles. The Morgan fingerprint density at radius 1 is 1.28 bits per heavy atom. The first-order chi connectivity index (χ1) is 13.9. The van der Waals surface area contributed by atoms with Crippen molar-refractivity contribution in [3.05, 3.63) is 59.9 Å². The van der Waals surface area contributed by atoms with Crippen LogP contribution in [0.3, 0.4) is 0 Å². The lowest BCUT2D eigenvalue weighted by Crippen LogP contribution is -2.17. The molecule has 2 atom stereocenters. The number of hydrogen-bond donors (Lipinski definition) is 1. The number of oxime groups is 1. The van der Waals surface area contributed by atoms with Gasteiger partial charge in [-0.15, -0.1) is 0 Å². The second-order valence-corrected chi connectivity index (χ2v) is 8.59. The van der Waals surface area contributed by atoms with Crippen LogP contribution in [0.5, 0.6) is 0 Å². The van der Waals surface area contributed by atoms with E-state index in [9.17, 15) is 8.42 Å². The quantitative estimate of drug-likeness (QED) is 0.671. The molecule has 2 aromatic heterocycles. The van der Waals surface area contributed by atoms with Gasteiger partial charge in [-0.3, -0.25) is 4.98 Å². The Labute approximate surface area is 168 Å². The first-order valence-corrected chi connectivity index (χ1v) is 10.5. The van der Waals surface area contributed by atoms with Crippen LogP contribution >= 0.6 is 0 Å². The van der Waals surface area contributed by atoms with Crippen LogP contribution in [0.1, 0.15) is 30.9 Å². The molecule has 7 nitrogen and oxygen atoms in total. The highest BCUT2D eigenvalue weighted by molar-refractivity contribution is 7.90. The lowest BCUT2D eigenvalue weighted by Gasteiger charge is -2.14. The predicted molar refractivity (Wildman–Crippen MR) is 109 cm³/mol. The lowest BCUT2D eigenvalue weighted by molar-refractivity contribution is 0.0904. The van der Waals surface area contributed by atoms with Gasteiger partial charge < -0.3 is 9.94 Å². The van der Waals surface area contributed by atoms with Crippen molar-refractivity contribution < 1.29 is 18.4 Å². The zero-order chi connectivity index (χ0) is 20.6. The molecule has 0 saturated carbocycles. The van der Waals surface area contributed by atoms with E-state index < -0.39 is 10.0 Å². The third-order valence-corrected chi connectivity index (χ3v) is 6.56. The highest BCUT2D eigenvalue weighted by atomic mass is 32.2. The molecule has 1 aliphatic rings. The fraction of sp³-hybridized carbons (Fsp3) is 0.238. The number of aliphatic hydroxyl groups is 1. The van der Waals surface area contributed by atoms with Gasteiger partial charge in [0.15, 0.2) is 0 Å². The monoisotopic (exact) mass is 409 g/mol. The molecule has 1 N–H and O–H groups in total. The summed E-state index contributed by atoms with van der Waals surface area (Å²) in [4.78, 5) is 10.0. The minimum atomic E-state index is -3.85. The number of pyridine rings is 1. The molecular weight excluding hydrogens is 390 g/mol. The zero-order valence-electron chi connectivity index (χ0n) is 15.9. The van der Waals surface area contributed by atoms with Gasteiger partial charge in [-0.1, -0.05) is 35.2 Å². The number of rotatable bonds is 3. The normalized spacial score (nSPS) is 18.8. The third kappa shape index (κ3) is 3.28. The molecular formula is C21H19N3O4S. The maximum Gasteiger partial charge on any atom is 0.268 e. The summed E-state index contributed by atoms with van der Waals surface area (Å²) in [6.07, 6.45) is 2.97. The van der Waals surface area contributed by atoms with Crippen molar-refractivity contribution in [2.24, 2.45) is 5.16 Å². The van der Waals surface area contributed by atoms with Gasteiger partial charge in [0.1, 0.15) is 18.2 Å². The van der Waals surface area contributed by atoms with Crippen LogP contribution in [0, 0.1) is 11.8 Å². The predicted octanol–water partition coefficient (Wildman–Crippen LogP) is 2.50. The van der Waals surface area contributed by atoms with Gasteiger partial charge in [0, 0.05) is 12.4 Å². The molecule has 3 heterocycles. The average molecular weight is 409 g/mol. The fourth-order valence-corrected chi connectivity index (χ4v) is 4.90. The average Bonchev–Trinajstić information content (AvgIpc) is 3.26. The Morgan fingerprint density at radius 2 is 2.03 bits per heavy atom. The molecule has 4 rings (SSSR count). The molecule has 148 valence electrons. The van der Waals surface area contributed by atoms with E-state index in [4.69, 9.17) is 9.94 Å². The lowest BCUT2D eigenvalue weighted by atomic mass is 9.92. The van der Waals surface area contributed by atoms with Crippen LogP contribution < -0.4 is 0 Å². The standard InChI is InChI=1S/C21H19N3O4S/c1-14-20(15(2)28-23-14)17-11-19-21(22-12-17)16(7-6-10-25)13-24(19)29(26,27)18-8-4-3-5-9-18/h3-5,8-9,11-13,15,20,25H,10H2,1-2H3. The van der Waals surface area contributed by atoms with E-state index in [1.165, 1.54) is 10.2 Å². The summed E-state index contributed by atoms with van der Waals surface area (Å²) in [5.41, 5.74) is 2.92. The largest absolute Gasteiger partial charge is 0.392 e. The first kappa shape index (κ1) is 19.2. The van der Waals surface area contributed by atoms with Gasteiger partial charge >= 0.3 is 0 Å². The van der Waals surface area contributed by atoms with E-state index in [-0.39, 0.29) is 23.5 Å². The second kappa shape index (κ2) is 7.35. The summed E-state index contributed by atoms with van der Waals surface area (Å²) in [5, 5.41) is 13.1. The summed E-state index contributed by atoms with van der Waals surface area (Å²) in [7, 11) is -3.85. The minimum absolute atomic E-state index is 0.110. The van der Waals surface area contributed by atoms with Crippen LogP contribution in [-0.2, 0) is 14.9 Å². The van der Waals surface area contributed by atoms with Gasteiger partial charge in [-0.05, 0) is 37.6 Å². The van der Waals surface area contributed by atoms with E-state index >= 15 is 0 Å². The summed E-state index contributed by atoms with van der Waals surface area (Å²) < 4.78 is 27.8. The Bertz CT molecular complexity index is 1270. The fourth-order valence-electron chi connectivity index (χ4n) is 3.53. The summed E-state index contributed by atoms with van der Waals surface area (Å²) in [6.45, 7) is 3.45. The van der Waals surface area contributed by atoms with Crippen molar-refractivity contribution in [1.29, 1.82) is 0 Å². The van der Waals surface area contributed by atoms with E-state index in [1.807, 2.05) is 13.8 Å². The van der Waals surface area contributed by atoms with Gasteiger partial charge in [0.05, 0.1) is 27.6 Å². The van der Waals surface area contributed by atoms with Gasteiger partial charge in [-0.2, -0.15) is 0 Å². The molecule has 3 aromatic rings. The van der Waals surface area contributed by atoms with Crippen LogP contribution in [0.15, 0.2) is 58.8 Å². The van der Waals surface area contributed by atoms with Crippen LogP contribution in [-0.4, -0.2) is 40.9 Å². The summed E-state index contributed by atoms with van der Waals surface area (Å²) in [6, 6.07) is 9.98. The molecule has 1 aliphatic heterocycles. The highest BCUT2D eigenvalue weighted by Crippen LogP contribution is 2.32. The molecule has 0 radical (unpaired) electrons. The maximum atomic E-state index is 13.3. The van der Waals surface area contributed by atoms with Crippen LogP contribution in [0.4, 0.5) is 0 Å². The van der Waals surface area contributed by atoms with E-state index in [1.54, 1.807) is 42.6 Å². The van der Waals surface area contributed by atoms with Crippen molar-refractivity contribution in [2.75, 3.05) is 6.61 Å². The molecule has 0 amide bonds. The SMILES string of the molecule is CC1=NOC(C)C1c1cnc2c(C#CCO)cn(S(=O)(=O)c3ccccc3)c2c1. The molecule has 29 heavy (non-hydrogen) atoms. The molecule has 0 bridgehead atoms. The molecule has 8 heteroatoms. The number of fused-ring (bicyclic) bond motifs is 1. The molecule has 2 unspecified atom stereocenters. The Balaban J connectivity index is 1.96. The van der Waals surface area contributed by atoms with Crippen molar-refractivity contribution >= 4 is 26.8 Å². The molecule has 0 saturated heterocycles. The number of benzene rings is 1. The Morgan fingerprint density at radius 3 is 2.69 bits per heavy atom. The highest BCUT2D eigenvalue weighted by Gasteiger charge is 2.31. The summed E-state index contributed by atoms with van der Waals surface area (Å²) in [5.74, 6) is 5.25. The van der Waals surface area contributed by atoms with Crippen LogP contribution in [0.2, 0.25) is 0 Å². The Kier molecular flexibility index (Phi) is 4.86. The molecule has 0 fully saturated rings. The number of aromatic nitrogens is 2. The van der Waals surface area contributed by atoms with Crippen molar-refractivity contribution in [3.63, 3.8) is 0 Å². The first-order valence-electron chi connectivity index (χ1n) is 9.05. The van der Waals surface area contributed by atoms with Gasteiger partial charge in [0.2, 0.25) is 0 Å². The third-order valence-electron chi connectivity index (χ3n) is 4.87. The van der Waals surface area contributed by atoms with E-state index in [0.29, 0.717) is 16.6 Å². The maximum absolute atomic E-state index is 13.3. The van der Waals surface area contributed by atoms with Gasteiger partial charge in [0.25, 0.3) is 10.0 Å². The zero-order valence-corrected chi connectivity index (χ0v) is 16.7. The summed E-state index contributed by atoms with van der Waals surface area (Å²) >= 11 is 0. The number of hydrogen-bond acceptors (Lipinski definition) is 6. The smallest absolute Gasteiger partial charge is 0.268 e. The minimum Gasteiger partial charge on any atom is -0.392 e. The van der Waals surface area contributed by atoms with E-state index in [2.05, 4.69) is 22.0 Å². The number of nitrogens with zero attached hydrogens (tertiary/aromatic N) is 3. The Hall–Kier alpha value is -3.15. The van der Waals surface area contributed by atoms with Crippen molar-refractivity contribution in [1.82, 2.24) is 8.96 Å². The van der Waals surface area contributed by atoms with Gasteiger partial charge in [-0.25, -0.2) is 12.4 Å². The number of aliphatic hydroxyl groups excluding tert-OH is 1. The second-order valence-electron chi connectivity index (χ2n) is 6.77. The molecule has 0 spiro atoms. The van der Waals surface area contributed by atoms with Crippen molar-refractivity contribution in [3.8, 4) is 11.8 Å².